The van der Waals surface area contributed by atoms with E-state index < -0.39 is 10.9 Å². The molecule has 0 aliphatic carbocycles. The average molecular weight is 141 g/mol. The third-order valence-corrected chi connectivity index (χ3v) is 1.09. The van der Waals surface area contributed by atoms with E-state index in [1.165, 1.54) is 0 Å². The first-order chi connectivity index (χ1) is 4.75. The molecule has 0 atom stereocenters. The Labute approximate surface area is 56.9 Å². The van der Waals surface area contributed by atoms with E-state index in [2.05, 4.69) is 0 Å². The molecule has 0 aliphatic heterocycles. The lowest BCUT2D eigenvalue weighted by Gasteiger charge is -2.02. The van der Waals surface area contributed by atoms with Crippen LogP contribution in [0.25, 0.3) is 0 Å². The molecule has 1 rings (SSSR count). The highest BCUT2D eigenvalue weighted by Gasteiger charge is 2.08. The lowest BCUT2D eigenvalue weighted by Crippen LogP contribution is -2.31. The van der Waals surface area contributed by atoms with Gasteiger partial charge in [-0.05, 0) is 0 Å². The summed E-state index contributed by atoms with van der Waals surface area (Å²) in [6.45, 7) is 0.629. The van der Waals surface area contributed by atoms with E-state index in [0.717, 1.165) is 6.07 Å². The fourth-order valence-electron chi connectivity index (χ4n) is 0.570. The average Bonchev–Trinajstić information content (AvgIpc) is 1.97. The van der Waals surface area contributed by atoms with Crippen LogP contribution in [-0.2, 0) is 0 Å². The molecule has 0 fully saturated rings. The highest BCUT2D eigenvalue weighted by molar-refractivity contribution is 5.26. The van der Waals surface area contributed by atoms with Gasteiger partial charge < -0.3 is 10.5 Å². The molecule has 0 radical (unpaired) electrons. The highest BCUT2D eigenvalue weighted by Crippen LogP contribution is 1.97. The predicted octanol–water partition coefficient (Wildman–Crippen LogP) is -1.38. The molecule has 0 aliphatic rings. The normalized spacial score (nSPS) is 10.1. The number of hydrogen-bond donors (Lipinski definition) is 1. The minimum absolute atomic E-state index is 0.135. The van der Waals surface area contributed by atoms with Crippen LogP contribution in [0.3, 0.4) is 0 Å². The van der Waals surface area contributed by atoms with Gasteiger partial charge in [-0.2, -0.15) is 0 Å². The van der Waals surface area contributed by atoms with Gasteiger partial charge >= 0.3 is 0 Å². The molecule has 0 unspecified atom stereocenters. The van der Waals surface area contributed by atoms with Crippen molar-refractivity contribution in [2.24, 2.45) is 5.73 Å². The first-order valence-electron chi connectivity index (χ1n) is 2.89. The monoisotopic (exact) mass is 141 g/mol. The van der Waals surface area contributed by atoms with Gasteiger partial charge in [-0.1, -0.05) is 0 Å². The van der Waals surface area contributed by atoms with E-state index in [1.807, 2.05) is 0 Å². The molecule has 0 spiro atoms. The lowest BCUT2D eigenvalue weighted by atomic mass is 10.3. The van der Waals surface area contributed by atoms with Crippen LogP contribution in [0.2, 0.25) is 0 Å². The van der Waals surface area contributed by atoms with Crippen LogP contribution < -0.4 is 21.3 Å². The molecule has 2 N–H and O–H groups in total. The fourth-order valence-corrected chi connectivity index (χ4v) is 0.570. The molecular formula is C6H7NO3. The summed E-state index contributed by atoms with van der Waals surface area (Å²) in [6.07, 6.45) is 0. The molecule has 1 aromatic carbocycles. The van der Waals surface area contributed by atoms with Crippen LogP contribution in [0, 0.1) is 0 Å². The van der Waals surface area contributed by atoms with E-state index in [9.17, 15) is 9.59 Å². The van der Waals surface area contributed by atoms with E-state index >= 15 is 0 Å². The Balaban J connectivity index is 2.55. The number of rotatable bonds is 3. The van der Waals surface area contributed by atoms with Crippen LogP contribution >= 0.6 is 0 Å². The summed E-state index contributed by atoms with van der Waals surface area (Å²) in [7, 11) is 0. The topological polar surface area (TPSA) is 69.4 Å². The maximum Gasteiger partial charge on any atom is 0.267 e. The Morgan fingerprint density at radius 2 is 2.20 bits per heavy atom. The van der Waals surface area contributed by atoms with Crippen molar-refractivity contribution in [1.82, 2.24) is 0 Å². The van der Waals surface area contributed by atoms with Crippen molar-refractivity contribution in [3.8, 4) is 5.75 Å². The van der Waals surface area contributed by atoms with Crippen molar-refractivity contribution in [2.45, 2.75) is 0 Å². The molecule has 0 saturated carbocycles. The second-order valence-electron chi connectivity index (χ2n) is 1.84. The summed E-state index contributed by atoms with van der Waals surface area (Å²) < 4.78 is 4.78. The van der Waals surface area contributed by atoms with Crippen molar-refractivity contribution >= 4 is 0 Å². The summed E-state index contributed by atoms with van der Waals surface area (Å²) in [5, 5.41) is 0. The van der Waals surface area contributed by atoms with Gasteiger partial charge in [-0.25, -0.2) is 0 Å². The Kier molecular flexibility index (Phi) is 1.82. The quantitative estimate of drug-likeness (QED) is 0.527. The van der Waals surface area contributed by atoms with Gasteiger partial charge in [-0.3, -0.25) is 9.59 Å². The summed E-state index contributed by atoms with van der Waals surface area (Å²) in [5.41, 5.74) is 4.05. The van der Waals surface area contributed by atoms with Crippen LogP contribution in [0.5, 0.6) is 5.75 Å². The van der Waals surface area contributed by atoms with Crippen molar-refractivity contribution in [3.05, 3.63) is 26.5 Å². The van der Waals surface area contributed by atoms with Crippen molar-refractivity contribution < 1.29 is 4.74 Å². The fraction of sp³-hybridized carbons (Fsp3) is 0.333. The van der Waals surface area contributed by atoms with Gasteiger partial charge in [0.2, 0.25) is 5.43 Å². The number of nitrogens with two attached hydrogens (primary N) is 1. The zero-order chi connectivity index (χ0) is 7.56. The Morgan fingerprint density at radius 1 is 1.50 bits per heavy atom. The van der Waals surface area contributed by atoms with E-state index in [-0.39, 0.29) is 12.4 Å². The Hall–Kier alpha value is -1.16. The zero-order valence-electron chi connectivity index (χ0n) is 5.29. The summed E-state index contributed by atoms with van der Waals surface area (Å²) >= 11 is 0. The van der Waals surface area contributed by atoms with Crippen LogP contribution in [0.15, 0.2) is 15.7 Å². The third-order valence-electron chi connectivity index (χ3n) is 1.09. The lowest BCUT2D eigenvalue weighted by molar-refractivity contribution is 0.321. The van der Waals surface area contributed by atoms with Gasteiger partial charge in [0.25, 0.3) is 5.43 Å². The maximum absolute atomic E-state index is 10.5. The SMILES string of the molecule is NCCOc1cc(=O)c1=O. The van der Waals surface area contributed by atoms with Crippen LogP contribution in [-0.4, -0.2) is 13.2 Å². The molecular weight excluding hydrogens is 134 g/mol. The van der Waals surface area contributed by atoms with E-state index in [1.54, 1.807) is 0 Å². The van der Waals surface area contributed by atoms with Crippen molar-refractivity contribution in [2.75, 3.05) is 13.2 Å². The predicted molar refractivity (Wildman–Crippen MR) is 35.9 cm³/mol. The smallest absolute Gasteiger partial charge is 0.267 e. The van der Waals surface area contributed by atoms with Gasteiger partial charge in [0.15, 0.2) is 5.75 Å². The molecule has 54 valence electrons. The molecule has 4 heteroatoms. The van der Waals surface area contributed by atoms with Crippen LogP contribution in [0.1, 0.15) is 0 Å². The van der Waals surface area contributed by atoms with Gasteiger partial charge in [0.1, 0.15) is 6.61 Å². The first kappa shape index (κ1) is 6.95. The number of hydrogen-bond acceptors (Lipinski definition) is 4. The molecule has 10 heavy (non-hydrogen) atoms. The van der Waals surface area contributed by atoms with E-state index in [0.29, 0.717) is 6.54 Å². The van der Waals surface area contributed by atoms with Crippen molar-refractivity contribution in [1.29, 1.82) is 0 Å². The number of ether oxygens (including phenoxy) is 1. The van der Waals surface area contributed by atoms with Crippen molar-refractivity contribution in [3.63, 3.8) is 0 Å². The molecule has 0 saturated heterocycles. The second-order valence-corrected chi connectivity index (χ2v) is 1.84. The molecule has 0 bridgehead atoms. The van der Waals surface area contributed by atoms with Gasteiger partial charge in [-0.15, -0.1) is 0 Å². The maximum atomic E-state index is 10.5. The Bertz CT molecular complexity index is 285. The second kappa shape index (κ2) is 2.62. The van der Waals surface area contributed by atoms with Crippen LogP contribution in [0.4, 0.5) is 0 Å². The molecule has 0 aromatic heterocycles. The minimum atomic E-state index is -0.548. The third kappa shape index (κ3) is 1.06. The van der Waals surface area contributed by atoms with E-state index in [4.69, 9.17) is 10.5 Å². The summed E-state index contributed by atoms with van der Waals surface area (Å²) in [4.78, 5) is 20.8. The molecule has 1 aromatic rings. The summed E-state index contributed by atoms with van der Waals surface area (Å²) in [5.74, 6) is 0.135. The molecule has 0 amide bonds. The minimum Gasteiger partial charge on any atom is -0.488 e. The highest BCUT2D eigenvalue weighted by atomic mass is 16.5. The first-order valence-corrected chi connectivity index (χ1v) is 2.89. The standard InChI is InChI=1S/C6H7NO3/c7-1-2-10-5-3-4(8)6(5)9/h3H,1-2,7H2. The largest absolute Gasteiger partial charge is 0.488 e. The van der Waals surface area contributed by atoms with Gasteiger partial charge in [0, 0.05) is 12.6 Å². The van der Waals surface area contributed by atoms with Gasteiger partial charge in [0.05, 0.1) is 0 Å². The Morgan fingerprint density at radius 3 is 2.60 bits per heavy atom. The zero-order valence-corrected chi connectivity index (χ0v) is 5.29. The molecule has 0 heterocycles. The molecule has 4 nitrogen and oxygen atoms in total. The summed E-state index contributed by atoms with van der Waals surface area (Å²) in [6, 6.07) is 1.16.